The van der Waals surface area contributed by atoms with Crippen LogP contribution in [0.3, 0.4) is 0 Å². The predicted molar refractivity (Wildman–Crippen MR) is 207 cm³/mol. The first-order chi connectivity index (χ1) is 24.3. The van der Waals surface area contributed by atoms with Crippen LogP contribution in [0.2, 0.25) is 0 Å². The van der Waals surface area contributed by atoms with Crippen molar-refractivity contribution in [1.29, 1.82) is 0 Å². The van der Waals surface area contributed by atoms with Crippen LogP contribution >= 0.6 is 7.82 Å². The van der Waals surface area contributed by atoms with Gasteiger partial charge in [-0.05, 0) is 12.8 Å². The van der Waals surface area contributed by atoms with Crippen molar-refractivity contribution >= 4 is 19.8 Å². The third-order valence-electron chi connectivity index (χ3n) is 9.63. The molecule has 0 amide bonds. The zero-order valence-electron chi connectivity index (χ0n) is 32.8. The smallest absolute Gasteiger partial charge is 0.462 e. The van der Waals surface area contributed by atoms with Crippen LogP contribution in [0, 0.1) is 0 Å². The lowest BCUT2D eigenvalue weighted by atomic mass is 10.0. The van der Waals surface area contributed by atoms with Crippen LogP contribution in [0.25, 0.3) is 0 Å². The topological polar surface area (TPSA) is 119 Å². The average molecular weight is 733 g/mol. The molecule has 0 saturated heterocycles. The first-order valence-corrected chi connectivity index (χ1v) is 22.9. The standard InChI is InChI=1S/C41H81O8P/c1-3-5-7-9-11-13-15-16-17-18-19-20-21-22-23-24-26-28-30-32-34-36-41(43)49-39(38-48-50(44,45)46)37-47-40(42)35-33-31-29-27-25-14-12-10-8-6-4-2/h39H,3-38H2,1-2H3,(H2,44,45,46)/t39-/m1/s1. The zero-order chi connectivity index (χ0) is 36.8. The molecule has 0 saturated carbocycles. The fourth-order valence-corrected chi connectivity index (χ4v) is 6.79. The quantitative estimate of drug-likeness (QED) is 0.0363. The van der Waals surface area contributed by atoms with Gasteiger partial charge in [-0.25, -0.2) is 4.57 Å². The molecule has 0 aromatic heterocycles. The molecule has 0 aliphatic heterocycles. The van der Waals surface area contributed by atoms with Crippen LogP contribution in [0.1, 0.15) is 232 Å². The normalized spacial score (nSPS) is 12.3. The molecule has 9 heteroatoms. The molecule has 0 radical (unpaired) electrons. The molecule has 2 N–H and O–H groups in total. The first kappa shape index (κ1) is 49.0. The van der Waals surface area contributed by atoms with Crippen molar-refractivity contribution < 1.29 is 37.9 Å². The molecule has 1 atom stereocenters. The molecule has 0 rings (SSSR count). The van der Waals surface area contributed by atoms with Gasteiger partial charge in [0.15, 0.2) is 6.10 Å². The third kappa shape index (κ3) is 39.8. The molecular weight excluding hydrogens is 651 g/mol. The number of phosphoric ester groups is 1. The van der Waals surface area contributed by atoms with Crippen molar-refractivity contribution in [2.75, 3.05) is 13.2 Å². The van der Waals surface area contributed by atoms with Gasteiger partial charge in [0.1, 0.15) is 6.61 Å². The van der Waals surface area contributed by atoms with Crippen LogP contribution in [0.5, 0.6) is 0 Å². The summed E-state index contributed by atoms with van der Waals surface area (Å²) in [5, 5.41) is 0. The highest BCUT2D eigenvalue weighted by Gasteiger charge is 2.22. The zero-order valence-corrected chi connectivity index (χ0v) is 33.7. The van der Waals surface area contributed by atoms with E-state index in [2.05, 4.69) is 18.4 Å². The maximum absolute atomic E-state index is 12.4. The Bertz CT molecular complexity index is 787. The second-order valence-corrected chi connectivity index (χ2v) is 15.9. The number of phosphoric acid groups is 1. The highest BCUT2D eigenvalue weighted by Crippen LogP contribution is 2.36. The van der Waals surface area contributed by atoms with Gasteiger partial charge in [-0.15, -0.1) is 0 Å². The summed E-state index contributed by atoms with van der Waals surface area (Å²) < 4.78 is 26.4. The second-order valence-electron chi connectivity index (χ2n) is 14.7. The fourth-order valence-electron chi connectivity index (χ4n) is 6.43. The van der Waals surface area contributed by atoms with Crippen LogP contribution < -0.4 is 0 Å². The van der Waals surface area contributed by atoms with E-state index in [0.717, 1.165) is 32.1 Å². The fraction of sp³-hybridized carbons (Fsp3) is 0.951. The highest BCUT2D eigenvalue weighted by atomic mass is 31.2. The van der Waals surface area contributed by atoms with Gasteiger partial charge >= 0.3 is 19.8 Å². The second kappa shape index (κ2) is 37.8. The lowest BCUT2D eigenvalue weighted by molar-refractivity contribution is -0.161. The lowest BCUT2D eigenvalue weighted by Crippen LogP contribution is -2.29. The Labute approximate surface area is 308 Å². The lowest BCUT2D eigenvalue weighted by Gasteiger charge is -2.18. The van der Waals surface area contributed by atoms with Gasteiger partial charge in [-0.3, -0.25) is 14.1 Å². The molecule has 0 fully saturated rings. The molecule has 0 aromatic rings. The predicted octanol–water partition coefficient (Wildman–Crippen LogP) is 12.9. The number of ether oxygens (including phenoxy) is 2. The first-order valence-electron chi connectivity index (χ1n) is 21.3. The Kier molecular flexibility index (Phi) is 37.1. The van der Waals surface area contributed by atoms with Crippen molar-refractivity contribution in [1.82, 2.24) is 0 Å². The SMILES string of the molecule is CCCCCCCCCCCCCCCCCCCCCCCC(=O)O[C@H](COC(=O)CCCCCCCCCCCCC)COP(=O)(O)O. The Hall–Kier alpha value is -0.950. The van der Waals surface area contributed by atoms with E-state index in [1.807, 2.05) is 0 Å². The Morgan fingerprint density at radius 2 is 0.720 bits per heavy atom. The number of carbonyl (C=O) groups is 2. The molecule has 298 valence electrons. The maximum Gasteiger partial charge on any atom is 0.469 e. The van der Waals surface area contributed by atoms with Crippen molar-refractivity contribution in [3.63, 3.8) is 0 Å². The number of hydrogen-bond acceptors (Lipinski definition) is 6. The summed E-state index contributed by atoms with van der Waals surface area (Å²) >= 11 is 0. The number of unbranched alkanes of at least 4 members (excludes halogenated alkanes) is 30. The minimum atomic E-state index is -4.74. The van der Waals surface area contributed by atoms with Crippen LogP contribution in [-0.4, -0.2) is 41.0 Å². The van der Waals surface area contributed by atoms with Gasteiger partial charge in [0.2, 0.25) is 0 Å². The van der Waals surface area contributed by atoms with E-state index in [0.29, 0.717) is 6.42 Å². The van der Waals surface area contributed by atoms with Crippen molar-refractivity contribution in [3.8, 4) is 0 Å². The Morgan fingerprint density at radius 1 is 0.440 bits per heavy atom. The summed E-state index contributed by atoms with van der Waals surface area (Å²) in [5.41, 5.74) is 0. The number of hydrogen-bond donors (Lipinski definition) is 2. The molecule has 0 bridgehead atoms. The van der Waals surface area contributed by atoms with E-state index in [1.54, 1.807) is 0 Å². The number of esters is 2. The van der Waals surface area contributed by atoms with Crippen molar-refractivity contribution in [2.24, 2.45) is 0 Å². The van der Waals surface area contributed by atoms with Crippen molar-refractivity contribution in [3.05, 3.63) is 0 Å². The van der Waals surface area contributed by atoms with Crippen LogP contribution in [0.15, 0.2) is 0 Å². The summed E-state index contributed by atoms with van der Waals surface area (Å²) in [6, 6.07) is 0. The number of rotatable bonds is 40. The number of carbonyl (C=O) groups excluding carboxylic acids is 2. The summed E-state index contributed by atoms with van der Waals surface area (Å²) in [7, 11) is -4.74. The third-order valence-corrected chi connectivity index (χ3v) is 10.1. The van der Waals surface area contributed by atoms with E-state index < -0.39 is 32.5 Å². The molecule has 0 spiro atoms. The minimum Gasteiger partial charge on any atom is -0.462 e. The largest absolute Gasteiger partial charge is 0.469 e. The maximum atomic E-state index is 12.4. The summed E-state index contributed by atoms with van der Waals surface area (Å²) in [5.74, 6) is -0.869. The molecule has 50 heavy (non-hydrogen) atoms. The van der Waals surface area contributed by atoms with Gasteiger partial charge in [0.05, 0.1) is 6.61 Å². The van der Waals surface area contributed by atoms with Gasteiger partial charge in [-0.1, -0.05) is 206 Å². The molecule has 0 unspecified atom stereocenters. The molecule has 0 aliphatic rings. The molecule has 0 aromatic carbocycles. The van der Waals surface area contributed by atoms with Crippen LogP contribution in [0.4, 0.5) is 0 Å². The van der Waals surface area contributed by atoms with Gasteiger partial charge in [0.25, 0.3) is 0 Å². The van der Waals surface area contributed by atoms with Crippen LogP contribution in [-0.2, 0) is 28.2 Å². The van der Waals surface area contributed by atoms with Gasteiger partial charge < -0.3 is 19.3 Å². The van der Waals surface area contributed by atoms with E-state index in [4.69, 9.17) is 19.3 Å². The van der Waals surface area contributed by atoms with E-state index in [-0.39, 0.29) is 19.4 Å². The summed E-state index contributed by atoms with van der Waals surface area (Å²) in [4.78, 5) is 42.8. The summed E-state index contributed by atoms with van der Waals surface area (Å²) in [6.07, 6.45) is 39.8. The Morgan fingerprint density at radius 3 is 1.02 bits per heavy atom. The Balaban J connectivity index is 3.80. The van der Waals surface area contributed by atoms with Gasteiger partial charge in [0, 0.05) is 12.8 Å². The monoisotopic (exact) mass is 733 g/mol. The highest BCUT2D eigenvalue weighted by molar-refractivity contribution is 7.46. The van der Waals surface area contributed by atoms with Gasteiger partial charge in [-0.2, -0.15) is 0 Å². The van der Waals surface area contributed by atoms with Crippen molar-refractivity contribution in [2.45, 2.75) is 238 Å². The van der Waals surface area contributed by atoms with E-state index in [9.17, 15) is 14.2 Å². The van der Waals surface area contributed by atoms with E-state index >= 15 is 0 Å². The summed E-state index contributed by atoms with van der Waals surface area (Å²) in [6.45, 7) is 3.70. The molecular formula is C41H81O8P. The minimum absolute atomic E-state index is 0.220. The molecule has 8 nitrogen and oxygen atoms in total. The molecule has 0 aliphatic carbocycles. The van der Waals surface area contributed by atoms with E-state index in [1.165, 1.54) is 167 Å². The molecule has 0 heterocycles. The average Bonchev–Trinajstić information content (AvgIpc) is 3.08.